The van der Waals surface area contributed by atoms with Crippen LogP contribution in [0.5, 0.6) is 5.75 Å². The van der Waals surface area contributed by atoms with Gasteiger partial charge >= 0.3 is 6.18 Å². The molecule has 0 spiro atoms. The number of H-pyrrole nitrogens is 1. The molecule has 0 aliphatic carbocycles. The summed E-state index contributed by atoms with van der Waals surface area (Å²) >= 11 is 0. The Bertz CT molecular complexity index is 1080. The highest BCUT2D eigenvalue weighted by Crippen LogP contribution is 2.30. The normalized spacial score (nSPS) is 14.7. The molecule has 0 bridgehead atoms. The van der Waals surface area contributed by atoms with Crippen molar-refractivity contribution >= 4 is 10.9 Å². The molecular formula is C22H25F3N4O2. The van der Waals surface area contributed by atoms with Crippen molar-refractivity contribution in [3.05, 3.63) is 52.4 Å². The van der Waals surface area contributed by atoms with Crippen LogP contribution in [0.3, 0.4) is 0 Å². The molecule has 2 N–H and O–H groups in total. The van der Waals surface area contributed by atoms with E-state index < -0.39 is 17.3 Å². The minimum atomic E-state index is -4.50. The molecule has 1 aliphatic rings. The molecular weight excluding hydrogens is 409 g/mol. The van der Waals surface area contributed by atoms with Crippen LogP contribution in [0.4, 0.5) is 13.2 Å². The van der Waals surface area contributed by atoms with Crippen LogP contribution in [0.15, 0.2) is 41.3 Å². The van der Waals surface area contributed by atoms with Crippen LogP contribution < -0.4 is 15.6 Å². The van der Waals surface area contributed by atoms with Gasteiger partial charge in [-0.3, -0.25) is 9.78 Å². The van der Waals surface area contributed by atoms with Crippen LogP contribution in [-0.2, 0) is 6.18 Å². The molecule has 0 radical (unpaired) electrons. The van der Waals surface area contributed by atoms with Gasteiger partial charge in [0.2, 0.25) is 0 Å². The molecule has 4 rings (SSSR count). The predicted octanol–water partition coefficient (Wildman–Crippen LogP) is 4.41. The monoisotopic (exact) mass is 434 g/mol. The third-order valence-electron chi connectivity index (χ3n) is 4.95. The Morgan fingerprint density at radius 1 is 1.13 bits per heavy atom. The number of fused-ring (bicyclic) bond motifs is 1. The summed E-state index contributed by atoms with van der Waals surface area (Å²) in [5.74, 6) is 1.02. The molecule has 31 heavy (non-hydrogen) atoms. The number of nitrogens with one attached hydrogen (secondary N) is 2. The van der Waals surface area contributed by atoms with Gasteiger partial charge in [-0.1, -0.05) is 13.8 Å². The largest absolute Gasteiger partial charge is 0.493 e. The zero-order chi connectivity index (χ0) is 22.4. The second kappa shape index (κ2) is 9.91. The van der Waals surface area contributed by atoms with E-state index in [1.807, 2.05) is 13.8 Å². The second-order valence-corrected chi connectivity index (χ2v) is 7.03. The highest BCUT2D eigenvalue weighted by atomic mass is 19.4. The molecule has 166 valence electrons. The zero-order valence-electron chi connectivity index (χ0n) is 17.4. The van der Waals surface area contributed by atoms with E-state index in [4.69, 9.17) is 4.74 Å². The standard InChI is InChI=1S/C20H19F3N4O2.C2H6/c21-20(22,23)13-5-8-25-17(9-13)18-26-16-2-1-14(10-15(16)19(28)27-18)29-11-12-3-6-24-7-4-12;1-2/h1-2,5,8-10,12,24H,3-4,6-7,11H2,(H,26,27,28);1-2H3. The van der Waals surface area contributed by atoms with E-state index in [9.17, 15) is 18.0 Å². The molecule has 0 saturated carbocycles. The number of ether oxygens (including phenoxy) is 1. The van der Waals surface area contributed by atoms with Gasteiger partial charge in [0.25, 0.3) is 5.56 Å². The lowest BCUT2D eigenvalue weighted by atomic mass is 9.99. The maximum absolute atomic E-state index is 12.9. The minimum Gasteiger partial charge on any atom is -0.493 e. The van der Waals surface area contributed by atoms with Gasteiger partial charge in [-0.05, 0) is 62.2 Å². The van der Waals surface area contributed by atoms with Gasteiger partial charge in [-0.25, -0.2) is 4.98 Å². The van der Waals surface area contributed by atoms with Gasteiger partial charge < -0.3 is 15.0 Å². The lowest BCUT2D eigenvalue weighted by Gasteiger charge is -2.22. The number of nitrogens with zero attached hydrogens (tertiary/aromatic N) is 2. The van der Waals surface area contributed by atoms with Crippen molar-refractivity contribution in [3.63, 3.8) is 0 Å². The Kier molecular flexibility index (Phi) is 7.27. The maximum Gasteiger partial charge on any atom is 0.416 e. The summed E-state index contributed by atoms with van der Waals surface area (Å²) in [5.41, 5.74) is -1.01. The van der Waals surface area contributed by atoms with E-state index in [1.54, 1.807) is 18.2 Å². The molecule has 1 fully saturated rings. The number of pyridine rings is 1. The topological polar surface area (TPSA) is 79.9 Å². The van der Waals surface area contributed by atoms with Crippen LogP contribution in [-0.4, -0.2) is 34.6 Å². The summed E-state index contributed by atoms with van der Waals surface area (Å²) < 4.78 is 44.6. The first kappa shape index (κ1) is 22.7. The first-order valence-corrected chi connectivity index (χ1v) is 10.3. The average Bonchev–Trinajstić information content (AvgIpc) is 2.79. The van der Waals surface area contributed by atoms with Gasteiger partial charge in [0.15, 0.2) is 5.82 Å². The van der Waals surface area contributed by atoms with Crippen molar-refractivity contribution in [3.8, 4) is 17.3 Å². The molecule has 1 saturated heterocycles. The average molecular weight is 434 g/mol. The lowest BCUT2D eigenvalue weighted by Crippen LogP contribution is -2.30. The predicted molar refractivity (Wildman–Crippen MR) is 113 cm³/mol. The van der Waals surface area contributed by atoms with E-state index >= 15 is 0 Å². The highest BCUT2D eigenvalue weighted by molar-refractivity contribution is 5.80. The molecule has 0 amide bonds. The van der Waals surface area contributed by atoms with Crippen LogP contribution in [0.2, 0.25) is 0 Å². The number of hydrogen-bond acceptors (Lipinski definition) is 5. The van der Waals surface area contributed by atoms with Crippen molar-refractivity contribution in [2.45, 2.75) is 32.9 Å². The molecule has 6 nitrogen and oxygen atoms in total. The molecule has 1 aliphatic heterocycles. The van der Waals surface area contributed by atoms with Gasteiger partial charge in [0, 0.05) is 6.20 Å². The van der Waals surface area contributed by atoms with E-state index in [-0.39, 0.29) is 11.5 Å². The van der Waals surface area contributed by atoms with Gasteiger partial charge in [0.1, 0.15) is 11.4 Å². The number of benzene rings is 1. The van der Waals surface area contributed by atoms with Crippen LogP contribution in [0, 0.1) is 5.92 Å². The number of aromatic amines is 1. The second-order valence-electron chi connectivity index (χ2n) is 7.03. The van der Waals surface area contributed by atoms with E-state index in [0.29, 0.717) is 29.2 Å². The summed E-state index contributed by atoms with van der Waals surface area (Å²) in [5, 5.41) is 3.61. The Balaban J connectivity index is 0.00000132. The van der Waals surface area contributed by atoms with E-state index in [1.165, 1.54) is 0 Å². The van der Waals surface area contributed by atoms with Crippen LogP contribution in [0.1, 0.15) is 32.3 Å². The third-order valence-corrected chi connectivity index (χ3v) is 4.95. The van der Waals surface area contributed by atoms with Gasteiger partial charge in [0.05, 0.1) is 23.1 Å². The summed E-state index contributed by atoms with van der Waals surface area (Å²) in [4.78, 5) is 23.2. The quantitative estimate of drug-likeness (QED) is 0.636. The number of hydrogen-bond donors (Lipinski definition) is 2. The van der Waals surface area contributed by atoms with Crippen LogP contribution >= 0.6 is 0 Å². The minimum absolute atomic E-state index is 0.0167. The van der Waals surface area contributed by atoms with Gasteiger partial charge in [-0.15, -0.1) is 0 Å². The van der Waals surface area contributed by atoms with E-state index in [0.717, 1.165) is 44.3 Å². The highest BCUT2D eigenvalue weighted by Gasteiger charge is 2.31. The zero-order valence-corrected chi connectivity index (χ0v) is 17.4. The summed E-state index contributed by atoms with van der Waals surface area (Å²) in [6, 6.07) is 6.67. The fourth-order valence-corrected chi connectivity index (χ4v) is 3.33. The molecule has 0 atom stereocenters. The summed E-state index contributed by atoms with van der Waals surface area (Å²) in [7, 11) is 0. The smallest absolute Gasteiger partial charge is 0.416 e. The van der Waals surface area contributed by atoms with Crippen molar-refractivity contribution < 1.29 is 17.9 Å². The Morgan fingerprint density at radius 3 is 2.58 bits per heavy atom. The van der Waals surface area contributed by atoms with Crippen molar-refractivity contribution in [1.82, 2.24) is 20.3 Å². The molecule has 3 heterocycles. The molecule has 2 aromatic heterocycles. The molecule has 0 unspecified atom stereocenters. The molecule has 1 aromatic carbocycles. The maximum atomic E-state index is 12.9. The number of rotatable bonds is 4. The number of aromatic nitrogens is 3. The Labute approximate surface area is 177 Å². The first-order valence-electron chi connectivity index (χ1n) is 10.3. The fraction of sp³-hybridized carbons (Fsp3) is 0.409. The first-order chi connectivity index (χ1) is 14.9. The number of piperidine rings is 1. The molecule has 3 aromatic rings. The lowest BCUT2D eigenvalue weighted by molar-refractivity contribution is -0.137. The van der Waals surface area contributed by atoms with Crippen molar-refractivity contribution in [2.24, 2.45) is 5.92 Å². The Morgan fingerprint density at radius 2 is 1.87 bits per heavy atom. The van der Waals surface area contributed by atoms with Crippen LogP contribution in [0.25, 0.3) is 22.4 Å². The summed E-state index contributed by atoms with van der Waals surface area (Å²) in [6.07, 6.45) is -1.37. The summed E-state index contributed by atoms with van der Waals surface area (Å²) in [6.45, 7) is 6.52. The fourth-order valence-electron chi connectivity index (χ4n) is 3.33. The van der Waals surface area contributed by atoms with Gasteiger partial charge in [-0.2, -0.15) is 13.2 Å². The van der Waals surface area contributed by atoms with Crippen molar-refractivity contribution in [1.29, 1.82) is 0 Å². The Hall–Kier alpha value is -2.94. The van der Waals surface area contributed by atoms with E-state index in [2.05, 4.69) is 20.3 Å². The molecule has 9 heteroatoms. The number of halogens is 3. The van der Waals surface area contributed by atoms with Crippen molar-refractivity contribution in [2.75, 3.05) is 19.7 Å². The third kappa shape index (κ3) is 5.61. The SMILES string of the molecule is CC.O=c1[nH]c(-c2cc(C(F)(F)F)ccn2)nc2ccc(OCC3CCNCC3)cc12. The number of alkyl halides is 3.